The van der Waals surface area contributed by atoms with Crippen molar-refractivity contribution in [1.82, 2.24) is 4.90 Å². The van der Waals surface area contributed by atoms with E-state index >= 15 is 0 Å². The van der Waals surface area contributed by atoms with E-state index in [2.05, 4.69) is 28.1 Å². The Labute approximate surface area is 92.0 Å². The molecule has 0 N–H and O–H groups in total. The van der Waals surface area contributed by atoms with Crippen LogP contribution in [0.25, 0.3) is 0 Å². The normalized spacial score (nSPS) is 16.6. The first-order valence-electron chi connectivity index (χ1n) is 4.68. The SMILES string of the molecule is CC(Br)C(=O)N1Cc2ccccc2C1. The van der Waals surface area contributed by atoms with E-state index in [-0.39, 0.29) is 10.7 Å². The van der Waals surface area contributed by atoms with Crippen molar-refractivity contribution in [3.8, 4) is 0 Å². The third-order valence-electron chi connectivity index (χ3n) is 2.49. The minimum Gasteiger partial charge on any atom is -0.333 e. The fraction of sp³-hybridized carbons (Fsp3) is 0.364. The standard InChI is InChI=1S/C11H12BrNO/c1-8(12)11(14)13-6-9-4-2-3-5-10(9)7-13/h2-5,8H,6-7H2,1H3. The van der Waals surface area contributed by atoms with Gasteiger partial charge < -0.3 is 4.90 Å². The summed E-state index contributed by atoms with van der Waals surface area (Å²) in [6.45, 7) is 3.38. The van der Waals surface area contributed by atoms with Gasteiger partial charge in [-0.3, -0.25) is 4.79 Å². The number of carbonyl (C=O) groups excluding carboxylic acids is 1. The lowest BCUT2D eigenvalue weighted by Gasteiger charge is -2.16. The summed E-state index contributed by atoms with van der Waals surface area (Å²) < 4.78 is 0. The first kappa shape index (κ1) is 9.71. The second-order valence-electron chi connectivity index (χ2n) is 3.58. The van der Waals surface area contributed by atoms with E-state index in [4.69, 9.17) is 0 Å². The molecule has 3 heteroatoms. The monoisotopic (exact) mass is 253 g/mol. The Hall–Kier alpha value is -0.830. The molecule has 1 aliphatic heterocycles. The van der Waals surface area contributed by atoms with Crippen molar-refractivity contribution >= 4 is 21.8 Å². The van der Waals surface area contributed by atoms with Gasteiger partial charge in [0, 0.05) is 13.1 Å². The van der Waals surface area contributed by atoms with Crippen LogP contribution in [0.3, 0.4) is 0 Å². The lowest BCUT2D eigenvalue weighted by Crippen LogP contribution is -2.30. The van der Waals surface area contributed by atoms with Gasteiger partial charge in [0.05, 0.1) is 4.83 Å². The molecule has 1 aromatic rings. The molecule has 0 saturated heterocycles. The van der Waals surface area contributed by atoms with Crippen LogP contribution in [0.5, 0.6) is 0 Å². The summed E-state index contributed by atoms with van der Waals surface area (Å²) >= 11 is 3.30. The van der Waals surface area contributed by atoms with Crippen LogP contribution in [0.2, 0.25) is 0 Å². The summed E-state index contributed by atoms with van der Waals surface area (Å²) in [6, 6.07) is 8.21. The van der Waals surface area contributed by atoms with E-state index in [1.165, 1.54) is 11.1 Å². The molecule has 1 unspecified atom stereocenters. The Morgan fingerprint density at radius 3 is 2.29 bits per heavy atom. The van der Waals surface area contributed by atoms with E-state index < -0.39 is 0 Å². The molecule has 1 aromatic carbocycles. The van der Waals surface area contributed by atoms with Gasteiger partial charge >= 0.3 is 0 Å². The molecule has 1 amide bonds. The highest BCUT2D eigenvalue weighted by molar-refractivity contribution is 9.10. The maximum absolute atomic E-state index is 11.7. The molecule has 14 heavy (non-hydrogen) atoms. The molecule has 1 aliphatic rings. The van der Waals surface area contributed by atoms with Crippen LogP contribution in [-0.2, 0) is 17.9 Å². The Bertz CT molecular complexity index is 337. The van der Waals surface area contributed by atoms with Crippen molar-refractivity contribution in [2.75, 3.05) is 0 Å². The van der Waals surface area contributed by atoms with E-state index in [0.29, 0.717) is 0 Å². The second kappa shape index (κ2) is 3.73. The molecule has 0 aliphatic carbocycles. The van der Waals surface area contributed by atoms with Crippen molar-refractivity contribution in [1.29, 1.82) is 0 Å². The van der Waals surface area contributed by atoms with Crippen molar-refractivity contribution in [3.05, 3.63) is 35.4 Å². The lowest BCUT2D eigenvalue weighted by atomic mass is 10.1. The fourth-order valence-corrected chi connectivity index (χ4v) is 2.03. The van der Waals surface area contributed by atoms with Crippen molar-refractivity contribution in [2.45, 2.75) is 24.8 Å². The van der Waals surface area contributed by atoms with Crippen LogP contribution in [0.15, 0.2) is 24.3 Å². The van der Waals surface area contributed by atoms with Gasteiger partial charge in [0.25, 0.3) is 0 Å². The number of alkyl halides is 1. The first-order chi connectivity index (χ1) is 6.68. The number of nitrogens with zero attached hydrogens (tertiary/aromatic N) is 1. The average molecular weight is 254 g/mol. The minimum absolute atomic E-state index is 0.0863. The quantitative estimate of drug-likeness (QED) is 0.704. The lowest BCUT2D eigenvalue weighted by molar-refractivity contribution is -0.130. The number of halogens is 1. The van der Waals surface area contributed by atoms with E-state index in [9.17, 15) is 4.79 Å². The van der Waals surface area contributed by atoms with Gasteiger partial charge in [-0.15, -0.1) is 0 Å². The smallest absolute Gasteiger partial charge is 0.236 e. The number of hydrogen-bond donors (Lipinski definition) is 0. The zero-order valence-corrected chi connectivity index (χ0v) is 9.62. The van der Waals surface area contributed by atoms with Crippen LogP contribution in [0.4, 0.5) is 0 Å². The number of hydrogen-bond acceptors (Lipinski definition) is 1. The third kappa shape index (κ3) is 1.69. The van der Waals surface area contributed by atoms with Gasteiger partial charge in [0.2, 0.25) is 5.91 Å². The molecule has 74 valence electrons. The van der Waals surface area contributed by atoms with Gasteiger partial charge in [-0.1, -0.05) is 40.2 Å². The topological polar surface area (TPSA) is 20.3 Å². The predicted molar refractivity (Wildman–Crippen MR) is 59.1 cm³/mol. The predicted octanol–water partition coefficient (Wildman–Crippen LogP) is 2.31. The molecular weight excluding hydrogens is 242 g/mol. The molecule has 1 heterocycles. The zero-order chi connectivity index (χ0) is 10.1. The molecule has 0 bridgehead atoms. The zero-order valence-electron chi connectivity index (χ0n) is 8.03. The van der Waals surface area contributed by atoms with E-state index in [1.807, 2.05) is 24.0 Å². The van der Waals surface area contributed by atoms with Gasteiger partial charge in [-0.05, 0) is 18.1 Å². The van der Waals surface area contributed by atoms with Crippen LogP contribution < -0.4 is 0 Å². The third-order valence-corrected chi connectivity index (χ3v) is 2.88. The van der Waals surface area contributed by atoms with Crippen molar-refractivity contribution in [3.63, 3.8) is 0 Å². The molecule has 2 nitrogen and oxygen atoms in total. The van der Waals surface area contributed by atoms with Crippen molar-refractivity contribution in [2.24, 2.45) is 0 Å². The molecule has 0 saturated carbocycles. The highest BCUT2D eigenvalue weighted by Crippen LogP contribution is 2.23. The minimum atomic E-state index is -0.0863. The van der Waals surface area contributed by atoms with Crippen LogP contribution >= 0.6 is 15.9 Å². The average Bonchev–Trinajstić information content (AvgIpc) is 2.59. The fourth-order valence-electron chi connectivity index (χ4n) is 1.74. The maximum atomic E-state index is 11.7. The van der Waals surface area contributed by atoms with Gasteiger partial charge in [-0.2, -0.15) is 0 Å². The Balaban J connectivity index is 2.16. The molecule has 2 rings (SSSR count). The number of amides is 1. The van der Waals surface area contributed by atoms with Crippen LogP contribution in [0, 0.1) is 0 Å². The first-order valence-corrected chi connectivity index (χ1v) is 5.59. The summed E-state index contributed by atoms with van der Waals surface area (Å²) in [5, 5.41) is 0. The van der Waals surface area contributed by atoms with Crippen molar-refractivity contribution < 1.29 is 4.79 Å². The summed E-state index contributed by atoms with van der Waals surface area (Å²) in [5.41, 5.74) is 2.54. The maximum Gasteiger partial charge on any atom is 0.236 e. The number of carbonyl (C=O) groups is 1. The summed E-state index contributed by atoms with van der Waals surface area (Å²) in [5.74, 6) is 0.168. The van der Waals surface area contributed by atoms with Crippen LogP contribution in [-0.4, -0.2) is 15.6 Å². The van der Waals surface area contributed by atoms with Crippen LogP contribution in [0.1, 0.15) is 18.1 Å². The Morgan fingerprint density at radius 2 is 1.86 bits per heavy atom. The summed E-state index contributed by atoms with van der Waals surface area (Å²) in [6.07, 6.45) is 0. The molecule has 1 atom stereocenters. The Kier molecular flexibility index (Phi) is 2.59. The Morgan fingerprint density at radius 1 is 1.36 bits per heavy atom. The number of fused-ring (bicyclic) bond motifs is 1. The van der Waals surface area contributed by atoms with Gasteiger partial charge in [-0.25, -0.2) is 0 Å². The van der Waals surface area contributed by atoms with E-state index in [1.54, 1.807) is 0 Å². The molecule has 0 radical (unpaired) electrons. The number of benzene rings is 1. The molecular formula is C11H12BrNO. The largest absolute Gasteiger partial charge is 0.333 e. The van der Waals surface area contributed by atoms with Gasteiger partial charge in [0.15, 0.2) is 0 Å². The highest BCUT2D eigenvalue weighted by Gasteiger charge is 2.24. The summed E-state index contributed by atoms with van der Waals surface area (Å²) in [7, 11) is 0. The molecule has 0 fully saturated rings. The molecule has 0 spiro atoms. The highest BCUT2D eigenvalue weighted by atomic mass is 79.9. The second-order valence-corrected chi connectivity index (χ2v) is 4.95. The summed E-state index contributed by atoms with van der Waals surface area (Å²) in [4.78, 5) is 13.5. The number of rotatable bonds is 1. The van der Waals surface area contributed by atoms with Gasteiger partial charge in [0.1, 0.15) is 0 Å². The van der Waals surface area contributed by atoms with E-state index in [0.717, 1.165) is 13.1 Å². The molecule has 0 aromatic heterocycles.